The van der Waals surface area contributed by atoms with Gasteiger partial charge in [0.05, 0.1) is 5.01 Å². The minimum Gasteiger partial charge on any atom is -0.339 e. The summed E-state index contributed by atoms with van der Waals surface area (Å²) in [6, 6.07) is 0. The topological polar surface area (TPSA) is 53.5 Å². The molecule has 1 aliphatic heterocycles. The lowest BCUT2D eigenvalue weighted by Gasteiger charge is -2.35. The number of thiazole rings is 1. The van der Waals surface area contributed by atoms with E-state index in [2.05, 4.69) is 4.98 Å². The minimum atomic E-state index is -0.00712. The number of nitrogens with zero attached hydrogens (tertiary/aromatic N) is 3. The number of rotatable bonds is 2. The van der Waals surface area contributed by atoms with Crippen LogP contribution in [0.4, 0.5) is 0 Å². The van der Waals surface area contributed by atoms with Gasteiger partial charge < -0.3 is 9.80 Å². The Labute approximate surface area is 129 Å². The van der Waals surface area contributed by atoms with E-state index in [0.29, 0.717) is 37.8 Å². The van der Waals surface area contributed by atoms with E-state index in [9.17, 15) is 9.59 Å². The first-order valence-corrected chi connectivity index (χ1v) is 8.53. The number of carbonyl (C=O) groups excluding carboxylic acids is 2. The molecule has 3 rings (SSSR count). The molecule has 0 radical (unpaired) electrons. The summed E-state index contributed by atoms with van der Waals surface area (Å²) >= 11 is 1.50. The van der Waals surface area contributed by atoms with Gasteiger partial charge in [0.1, 0.15) is 5.69 Å². The van der Waals surface area contributed by atoms with Gasteiger partial charge in [0, 0.05) is 37.5 Å². The molecule has 2 heterocycles. The van der Waals surface area contributed by atoms with Gasteiger partial charge in [-0.15, -0.1) is 11.3 Å². The predicted octanol–water partition coefficient (Wildman–Crippen LogP) is 1.93. The third-order valence-corrected chi connectivity index (χ3v) is 5.19. The lowest BCUT2D eigenvalue weighted by Crippen LogP contribution is -2.51. The number of hydrogen-bond acceptors (Lipinski definition) is 4. The summed E-state index contributed by atoms with van der Waals surface area (Å²) in [4.78, 5) is 32.7. The zero-order chi connectivity index (χ0) is 14.8. The highest BCUT2D eigenvalue weighted by molar-refractivity contribution is 7.09. The molecule has 1 aliphatic carbocycles. The van der Waals surface area contributed by atoms with Crippen LogP contribution in [0.25, 0.3) is 0 Å². The lowest BCUT2D eigenvalue weighted by atomic mass is 10.1. The molecule has 5 nitrogen and oxygen atoms in total. The SMILES string of the molecule is Cc1nc(C(=O)N2CCN(C(=O)C3CCCC3)CC2)cs1. The van der Waals surface area contributed by atoms with Gasteiger partial charge in [-0.05, 0) is 19.8 Å². The van der Waals surface area contributed by atoms with E-state index in [4.69, 9.17) is 0 Å². The Hall–Kier alpha value is -1.43. The molecule has 0 unspecified atom stereocenters. The molecular formula is C15H21N3O2S. The van der Waals surface area contributed by atoms with Crippen LogP contribution in [0.5, 0.6) is 0 Å². The second kappa shape index (κ2) is 6.13. The van der Waals surface area contributed by atoms with E-state index in [1.807, 2.05) is 22.1 Å². The van der Waals surface area contributed by atoms with Gasteiger partial charge in [0.15, 0.2) is 0 Å². The molecule has 2 fully saturated rings. The van der Waals surface area contributed by atoms with Crippen molar-refractivity contribution < 1.29 is 9.59 Å². The Balaban J connectivity index is 1.55. The molecule has 1 aromatic heterocycles. The van der Waals surface area contributed by atoms with Crippen molar-refractivity contribution in [1.29, 1.82) is 0 Å². The Kier molecular flexibility index (Phi) is 4.24. The molecule has 2 amide bonds. The van der Waals surface area contributed by atoms with Crippen LogP contribution < -0.4 is 0 Å². The number of amides is 2. The quantitative estimate of drug-likeness (QED) is 0.839. The lowest BCUT2D eigenvalue weighted by molar-refractivity contribution is -0.136. The predicted molar refractivity (Wildman–Crippen MR) is 81.3 cm³/mol. The summed E-state index contributed by atoms with van der Waals surface area (Å²) in [6.07, 6.45) is 4.43. The Morgan fingerprint density at radius 1 is 1.14 bits per heavy atom. The largest absolute Gasteiger partial charge is 0.339 e. The minimum absolute atomic E-state index is 0.00712. The summed E-state index contributed by atoms with van der Waals surface area (Å²) in [5.74, 6) is 0.518. The smallest absolute Gasteiger partial charge is 0.273 e. The summed E-state index contributed by atoms with van der Waals surface area (Å²) < 4.78 is 0. The maximum absolute atomic E-state index is 12.4. The molecule has 0 aromatic carbocycles. The van der Waals surface area contributed by atoms with Gasteiger partial charge in [-0.1, -0.05) is 12.8 Å². The fourth-order valence-corrected chi connectivity index (χ4v) is 3.77. The molecule has 0 atom stereocenters. The molecule has 1 aromatic rings. The maximum Gasteiger partial charge on any atom is 0.273 e. The number of hydrogen-bond donors (Lipinski definition) is 0. The van der Waals surface area contributed by atoms with Crippen LogP contribution in [0.15, 0.2) is 5.38 Å². The van der Waals surface area contributed by atoms with Crippen LogP contribution in [0.3, 0.4) is 0 Å². The Morgan fingerprint density at radius 2 is 1.76 bits per heavy atom. The summed E-state index contributed by atoms with van der Waals surface area (Å²) in [7, 11) is 0. The summed E-state index contributed by atoms with van der Waals surface area (Å²) in [5.41, 5.74) is 0.535. The van der Waals surface area contributed by atoms with Crippen molar-refractivity contribution in [3.63, 3.8) is 0 Å². The highest BCUT2D eigenvalue weighted by atomic mass is 32.1. The molecular weight excluding hydrogens is 286 g/mol. The van der Waals surface area contributed by atoms with E-state index in [1.165, 1.54) is 24.2 Å². The molecule has 21 heavy (non-hydrogen) atoms. The van der Waals surface area contributed by atoms with Gasteiger partial charge >= 0.3 is 0 Å². The second-order valence-corrected chi connectivity index (χ2v) is 6.91. The zero-order valence-electron chi connectivity index (χ0n) is 12.4. The summed E-state index contributed by atoms with van der Waals surface area (Å²) in [6.45, 7) is 4.45. The third-order valence-electron chi connectivity index (χ3n) is 4.42. The van der Waals surface area contributed by atoms with E-state index in [1.54, 1.807) is 0 Å². The second-order valence-electron chi connectivity index (χ2n) is 5.85. The molecule has 0 spiro atoms. The van der Waals surface area contributed by atoms with Crippen molar-refractivity contribution in [2.45, 2.75) is 32.6 Å². The number of piperazine rings is 1. The molecule has 0 bridgehead atoms. The van der Waals surface area contributed by atoms with Crippen molar-refractivity contribution in [1.82, 2.24) is 14.8 Å². The monoisotopic (exact) mass is 307 g/mol. The Bertz CT molecular complexity index is 529. The molecule has 1 saturated carbocycles. The third kappa shape index (κ3) is 3.10. The first kappa shape index (κ1) is 14.5. The van der Waals surface area contributed by atoms with E-state index in [-0.39, 0.29) is 11.8 Å². The van der Waals surface area contributed by atoms with Crippen molar-refractivity contribution in [3.8, 4) is 0 Å². The highest BCUT2D eigenvalue weighted by Gasteiger charge is 2.31. The van der Waals surface area contributed by atoms with Crippen molar-refractivity contribution in [3.05, 3.63) is 16.1 Å². The average molecular weight is 307 g/mol. The van der Waals surface area contributed by atoms with E-state index >= 15 is 0 Å². The fraction of sp³-hybridized carbons (Fsp3) is 0.667. The zero-order valence-corrected chi connectivity index (χ0v) is 13.2. The molecule has 2 aliphatic rings. The first-order chi connectivity index (χ1) is 10.1. The standard InChI is InChI=1S/C15H21N3O2S/c1-11-16-13(10-21-11)15(20)18-8-6-17(7-9-18)14(19)12-4-2-3-5-12/h10,12H,2-9H2,1H3. The van der Waals surface area contributed by atoms with Gasteiger partial charge in [-0.25, -0.2) is 4.98 Å². The molecule has 0 N–H and O–H groups in total. The van der Waals surface area contributed by atoms with Crippen molar-refractivity contribution in [2.24, 2.45) is 5.92 Å². The van der Waals surface area contributed by atoms with Gasteiger partial charge in [0.2, 0.25) is 5.91 Å². The number of carbonyl (C=O) groups is 2. The van der Waals surface area contributed by atoms with Crippen molar-refractivity contribution in [2.75, 3.05) is 26.2 Å². The number of aromatic nitrogens is 1. The van der Waals surface area contributed by atoms with Crippen LogP contribution in [0, 0.1) is 12.8 Å². The van der Waals surface area contributed by atoms with E-state index in [0.717, 1.165) is 17.8 Å². The summed E-state index contributed by atoms with van der Waals surface area (Å²) in [5, 5.41) is 2.72. The maximum atomic E-state index is 12.4. The van der Waals surface area contributed by atoms with E-state index < -0.39 is 0 Å². The molecule has 1 saturated heterocycles. The van der Waals surface area contributed by atoms with Crippen LogP contribution in [0.1, 0.15) is 41.2 Å². The Morgan fingerprint density at radius 3 is 2.33 bits per heavy atom. The number of aryl methyl sites for hydroxylation is 1. The molecule has 6 heteroatoms. The van der Waals surface area contributed by atoms with Gasteiger partial charge in [0.25, 0.3) is 5.91 Å². The van der Waals surface area contributed by atoms with Gasteiger partial charge in [-0.3, -0.25) is 9.59 Å². The van der Waals surface area contributed by atoms with Crippen molar-refractivity contribution >= 4 is 23.2 Å². The highest BCUT2D eigenvalue weighted by Crippen LogP contribution is 2.27. The average Bonchev–Trinajstić information content (AvgIpc) is 3.17. The molecule has 114 valence electrons. The van der Waals surface area contributed by atoms with Crippen LogP contribution in [-0.2, 0) is 4.79 Å². The van der Waals surface area contributed by atoms with Crippen LogP contribution in [0.2, 0.25) is 0 Å². The first-order valence-electron chi connectivity index (χ1n) is 7.65. The van der Waals surface area contributed by atoms with Crippen LogP contribution >= 0.6 is 11.3 Å². The van der Waals surface area contributed by atoms with Gasteiger partial charge in [-0.2, -0.15) is 0 Å². The van der Waals surface area contributed by atoms with Crippen LogP contribution in [-0.4, -0.2) is 52.8 Å². The fourth-order valence-electron chi connectivity index (χ4n) is 3.18. The normalized spacial score (nSPS) is 20.0.